The van der Waals surface area contributed by atoms with Gasteiger partial charge in [-0.3, -0.25) is 0 Å². The summed E-state index contributed by atoms with van der Waals surface area (Å²) in [7, 11) is 0. The number of rotatable bonds is 8. The maximum absolute atomic E-state index is 5.79. The van der Waals surface area contributed by atoms with E-state index in [0.29, 0.717) is 6.04 Å². The lowest BCUT2D eigenvalue weighted by molar-refractivity contribution is -0.0232. The molecule has 1 unspecified atom stereocenters. The van der Waals surface area contributed by atoms with Crippen molar-refractivity contribution in [2.24, 2.45) is 0 Å². The Hall–Kier alpha value is -0.0800. The summed E-state index contributed by atoms with van der Waals surface area (Å²) >= 11 is 0. The van der Waals surface area contributed by atoms with Gasteiger partial charge >= 0.3 is 0 Å². The molecule has 1 atom stereocenters. The molecule has 0 aromatic rings. The SMILES string of the molecule is CCCNC(C)CCOC(C)(C)CC. The lowest BCUT2D eigenvalue weighted by Crippen LogP contribution is -2.30. The van der Waals surface area contributed by atoms with Crippen molar-refractivity contribution in [3.63, 3.8) is 0 Å². The summed E-state index contributed by atoms with van der Waals surface area (Å²) in [5, 5.41) is 3.46. The van der Waals surface area contributed by atoms with Crippen LogP contribution in [0, 0.1) is 0 Å². The molecule has 0 heterocycles. The first-order valence-electron chi connectivity index (χ1n) is 5.89. The van der Waals surface area contributed by atoms with Crippen molar-refractivity contribution in [2.75, 3.05) is 13.2 Å². The molecule has 0 aliphatic rings. The van der Waals surface area contributed by atoms with E-state index in [9.17, 15) is 0 Å². The maximum atomic E-state index is 5.79. The highest BCUT2D eigenvalue weighted by Crippen LogP contribution is 2.13. The molecule has 0 bridgehead atoms. The molecule has 0 aliphatic carbocycles. The average Bonchev–Trinajstić information content (AvgIpc) is 2.14. The highest BCUT2D eigenvalue weighted by Gasteiger charge is 2.15. The average molecular weight is 201 g/mol. The van der Waals surface area contributed by atoms with Gasteiger partial charge in [0.1, 0.15) is 0 Å². The minimum absolute atomic E-state index is 0.0461. The van der Waals surface area contributed by atoms with Gasteiger partial charge in [0.05, 0.1) is 5.60 Å². The Labute approximate surface area is 89.4 Å². The van der Waals surface area contributed by atoms with Gasteiger partial charge in [0.2, 0.25) is 0 Å². The van der Waals surface area contributed by atoms with Crippen molar-refractivity contribution in [3.05, 3.63) is 0 Å². The van der Waals surface area contributed by atoms with Gasteiger partial charge in [0.25, 0.3) is 0 Å². The third-order valence-corrected chi connectivity index (χ3v) is 2.64. The molecule has 14 heavy (non-hydrogen) atoms. The Bertz CT molecular complexity index is 134. The molecule has 0 aliphatic heterocycles. The van der Waals surface area contributed by atoms with Crippen LogP contribution in [0.3, 0.4) is 0 Å². The van der Waals surface area contributed by atoms with Crippen molar-refractivity contribution in [2.45, 2.75) is 65.5 Å². The van der Waals surface area contributed by atoms with Gasteiger partial charge in [0.15, 0.2) is 0 Å². The van der Waals surface area contributed by atoms with Gasteiger partial charge in [-0.25, -0.2) is 0 Å². The third-order valence-electron chi connectivity index (χ3n) is 2.64. The van der Waals surface area contributed by atoms with Crippen LogP contribution in [0.5, 0.6) is 0 Å². The van der Waals surface area contributed by atoms with E-state index in [1.54, 1.807) is 0 Å². The molecule has 0 aromatic heterocycles. The molecule has 2 nitrogen and oxygen atoms in total. The smallest absolute Gasteiger partial charge is 0.0623 e. The first-order chi connectivity index (χ1) is 6.52. The normalized spacial score (nSPS) is 14.4. The molecular formula is C12H27NO. The molecular weight excluding hydrogens is 174 g/mol. The molecule has 0 saturated heterocycles. The molecule has 0 amide bonds. The van der Waals surface area contributed by atoms with Gasteiger partial charge in [-0.05, 0) is 46.6 Å². The molecule has 0 aromatic carbocycles. The molecule has 2 heteroatoms. The first-order valence-corrected chi connectivity index (χ1v) is 5.89. The summed E-state index contributed by atoms with van der Waals surface area (Å²) in [6.07, 6.45) is 3.37. The van der Waals surface area contributed by atoms with E-state index in [2.05, 4.69) is 39.9 Å². The lowest BCUT2D eigenvalue weighted by atomic mass is 10.1. The van der Waals surface area contributed by atoms with Crippen LogP contribution in [-0.4, -0.2) is 24.8 Å². The van der Waals surface area contributed by atoms with Crippen molar-refractivity contribution in [1.29, 1.82) is 0 Å². The topological polar surface area (TPSA) is 21.3 Å². The van der Waals surface area contributed by atoms with Crippen LogP contribution in [0.25, 0.3) is 0 Å². The summed E-state index contributed by atoms with van der Waals surface area (Å²) < 4.78 is 5.79. The minimum atomic E-state index is 0.0461. The van der Waals surface area contributed by atoms with Crippen LogP contribution in [0.1, 0.15) is 53.9 Å². The molecule has 0 spiro atoms. The molecule has 0 saturated carbocycles. The largest absolute Gasteiger partial charge is 0.376 e. The summed E-state index contributed by atoms with van der Waals surface area (Å²) in [5.74, 6) is 0. The second kappa shape index (κ2) is 7.24. The maximum Gasteiger partial charge on any atom is 0.0623 e. The van der Waals surface area contributed by atoms with Gasteiger partial charge in [-0.1, -0.05) is 13.8 Å². The zero-order chi connectivity index (χ0) is 11.0. The van der Waals surface area contributed by atoms with Gasteiger partial charge < -0.3 is 10.1 Å². The van der Waals surface area contributed by atoms with Gasteiger partial charge in [-0.15, -0.1) is 0 Å². The zero-order valence-electron chi connectivity index (χ0n) is 10.5. The quantitative estimate of drug-likeness (QED) is 0.652. The number of nitrogens with one attached hydrogen (secondary N) is 1. The van der Waals surface area contributed by atoms with Gasteiger partial charge in [-0.2, -0.15) is 0 Å². The van der Waals surface area contributed by atoms with Crippen molar-refractivity contribution >= 4 is 0 Å². The summed E-state index contributed by atoms with van der Waals surface area (Å²) in [6, 6.07) is 0.572. The highest BCUT2D eigenvalue weighted by atomic mass is 16.5. The monoisotopic (exact) mass is 201 g/mol. The van der Waals surface area contributed by atoms with E-state index in [1.165, 1.54) is 6.42 Å². The zero-order valence-corrected chi connectivity index (χ0v) is 10.5. The fourth-order valence-electron chi connectivity index (χ4n) is 1.11. The Balaban J connectivity index is 3.43. The number of hydrogen-bond donors (Lipinski definition) is 1. The van der Waals surface area contributed by atoms with Gasteiger partial charge in [0, 0.05) is 12.6 Å². The van der Waals surface area contributed by atoms with E-state index in [0.717, 1.165) is 26.0 Å². The van der Waals surface area contributed by atoms with E-state index in [4.69, 9.17) is 4.74 Å². The molecule has 0 fully saturated rings. The summed E-state index contributed by atoms with van der Waals surface area (Å²) in [5.41, 5.74) is 0.0461. The summed E-state index contributed by atoms with van der Waals surface area (Å²) in [6.45, 7) is 12.8. The van der Waals surface area contributed by atoms with E-state index >= 15 is 0 Å². The molecule has 0 radical (unpaired) electrons. The van der Waals surface area contributed by atoms with Crippen molar-refractivity contribution in [3.8, 4) is 0 Å². The predicted molar refractivity (Wildman–Crippen MR) is 62.7 cm³/mol. The Kier molecular flexibility index (Phi) is 7.20. The first kappa shape index (κ1) is 13.9. The van der Waals surface area contributed by atoms with E-state index < -0.39 is 0 Å². The fourth-order valence-corrected chi connectivity index (χ4v) is 1.11. The fraction of sp³-hybridized carbons (Fsp3) is 1.00. The molecule has 1 N–H and O–H groups in total. The van der Waals surface area contributed by atoms with E-state index in [1.807, 2.05) is 0 Å². The lowest BCUT2D eigenvalue weighted by Gasteiger charge is -2.24. The second-order valence-corrected chi connectivity index (χ2v) is 4.61. The van der Waals surface area contributed by atoms with Crippen molar-refractivity contribution < 1.29 is 4.74 Å². The van der Waals surface area contributed by atoms with E-state index in [-0.39, 0.29) is 5.60 Å². The van der Waals surface area contributed by atoms with Crippen LogP contribution in [-0.2, 0) is 4.74 Å². The predicted octanol–water partition coefficient (Wildman–Crippen LogP) is 2.97. The standard InChI is InChI=1S/C12H27NO/c1-6-9-13-11(3)8-10-14-12(4,5)7-2/h11,13H,6-10H2,1-5H3. The number of ether oxygens (including phenoxy) is 1. The van der Waals surface area contributed by atoms with Crippen LogP contribution in [0.15, 0.2) is 0 Å². The Morgan fingerprint density at radius 3 is 2.43 bits per heavy atom. The molecule has 86 valence electrons. The summed E-state index contributed by atoms with van der Waals surface area (Å²) in [4.78, 5) is 0. The number of hydrogen-bond acceptors (Lipinski definition) is 2. The Morgan fingerprint density at radius 2 is 1.93 bits per heavy atom. The highest BCUT2D eigenvalue weighted by molar-refractivity contribution is 4.66. The molecule has 0 rings (SSSR count). The third kappa shape index (κ3) is 7.34. The van der Waals surface area contributed by atoms with Crippen LogP contribution in [0.4, 0.5) is 0 Å². The second-order valence-electron chi connectivity index (χ2n) is 4.61. The van der Waals surface area contributed by atoms with Crippen LogP contribution < -0.4 is 5.32 Å². The van der Waals surface area contributed by atoms with Crippen LogP contribution >= 0.6 is 0 Å². The Morgan fingerprint density at radius 1 is 1.29 bits per heavy atom. The van der Waals surface area contributed by atoms with Crippen LogP contribution in [0.2, 0.25) is 0 Å². The van der Waals surface area contributed by atoms with Crippen molar-refractivity contribution in [1.82, 2.24) is 5.32 Å². The minimum Gasteiger partial charge on any atom is -0.376 e.